The Morgan fingerprint density at radius 1 is 0.925 bits per heavy atom. The average molecular weight is 568 g/mol. The normalized spacial score (nSPS) is 12.2. The van der Waals surface area contributed by atoms with E-state index in [1.54, 1.807) is 37.3 Å². The molecular weight excluding hydrogens is 529 g/mol. The zero-order valence-corrected chi connectivity index (χ0v) is 24.5. The number of halogens is 1. The van der Waals surface area contributed by atoms with Crippen molar-refractivity contribution >= 4 is 27.5 Å². The van der Waals surface area contributed by atoms with Crippen LogP contribution < -0.4 is 9.62 Å². The van der Waals surface area contributed by atoms with Crippen LogP contribution in [0.5, 0.6) is 0 Å². The lowest BCUT2D eigenvalue weighted by Gasteiger charge is -2.34. The van der Waals surface area contributed by atoms with Crippen LogP contribution in [0, 0.1) is 25.6 Å². The van der Waals surface area contributed by atoms with Crippen LogP contribution in [0.25, 0.3) is 0 Å². The minimum Gasteiger partial charge on any atom is -0.354 e. The van der Waals surface area contributed by atoms with Crippen LogP contribution in [-0.4, -0.2) is 50.5 Å². The van der Waals surface area contributed by atoms with Gasteiger partial charge in [-0.2, -0.15) is 0 Å². The van der Waals surface area contributed by atoms with E-state index in [1.807, 2.05) is 57.2 Å². The fourth-order valence-corrected chi connectivity index (χ4v) is 5.29. The number of benzene rings is 3. The van der Waals surface area contributed by atoms with Gasteiger partial charge < -0.3 is 10.2 Å². The third-order valence-corrected chi connectivity index (χ3v) is 7.90. The number of nitrogens with zero attached hydrogens (tertiary/aromatic N) is 2. The third kappa shape index (κ3) is 8.14. The second kappa shape index (κ2) is 13.6. The molecule has 1 atom stereocenters. The Morgan fingerprint density at radius 3 is 2.20 bits per heavy atom. The van der Waals surface area contributed by atoms with Crippen molar-refractivity contribution in [1.29, 1.82) is 0 Å². The van der Waals surface area contributed by atoms with Gasteiger partial charge in [-0.25, -0.2) is 12.8 Å². The van der Waals surface area contributed by atoms with Gasteiger partial charge in [0.05, 0.1) is 11.9 Å². The van der Waals surface area contributed by atoms with E-state index in [0.717, 1.165) is 27.3 Å². The van der Waals surface area contributed by atoms with Gasteiger partial charge in [-0.1, -0.05) is 74.5 Å². The second-order valence-electron chi connectivity index (χ2n) is 10.4. The van der Waals surface area contributed by atoms with Gasteiger partial charge in [0.25, 0.3) is 0 Å². The first-order valence-electron chi connectivity index (χ1n) is 13.3. The number of hydrogen-bond donors (Lipinski definition) is 1. The fourth-order valence-electron chi connectivity index (χ4n) is 4.39. The molecule has 7 nitrogen and oxygen atoms in total. The molecule has 2 amide bonds. The smallest absolute Gasteiger partial charge is 0.244 e. The first-order valence-corrected chi connectivity index (χ1v) is 15.1. The minimum absolute atomic E-state index is 0.169. The minimum atomic E-state index is -3.88. The molecule has 1 N–H and O–H groups in total. The van der Waals surface area contributed by atoms with E-state index in [0.29, 0.717) is 12.2 Å². The highest BCUT2D eigenvalue weighted by atomic mass is 32.2. The molecule has 0 saturated heterocycles. The standard InChI is InChI=1S/C31H38FN3O4S/c1-22(2)19-33-31(37)29(18-25-13-7-6-8-14-25)34(20-26-15-9-10-16-27(26)32)30(36)21-35(40(5,38)39)28-17-11-12-23(3)24(28)4/h6-17,22,29H,18-21H2,1-5H3,(H,33,37)/t29-/m1/s1. The van der Waals surface area contributed by atoms with Gasteiger partial charge >= 0.3 is 0 Å². The Hall–Kier alpha value is -3.72. The highest BCUT2D eigenvalue weighted by molar-refractivity contribution is 7.92. The topological polar surface area (TPSA) is 86.8 Å². The molecular formula is C31H38FN3O4S. The molecule has 0 saturated carbocycles. The van der Waals surface area contributed by atoms with Crippen molar-refractivity contribution in [3.63, 3.8) is 0 Å². The maximum Gasteiger partial charge on any atom is 0.244 e. The predicted molar refractivity (Wildman–Crippen MR) is 157 cm³/mol. The van der Waals surface area contributed by atoms with E-state index < -0.39 is 34.3 Å². The van der Waals surface area contributed by atoms with Gasteiger partial charge in [-0.15, -0.1) is 0 Å². The predicted octanol–water partition coefficient (Wildman–Crippen LogP) is 4.62. The Bertz CT molecular complexity index is 1430. The van der Waals surface area contributed by atoms with E-state index in [-0.39, 0.29) is 30.4 Å². The first kappa shape index (κ1) is 30.8. The molecule has 0 aliphatic carbocycles. The number of carbonyl (C=O) groups excluding carboxylic acids is 2. The van der Waals surface area contributed by atoms with Crippen LogP contribution in [0.4, 0.5) is 10.1 Å². The largest absolute Gasteiger partial charge is 0.354 e. The number of hydrogen-bond acceptors (Lipinski definition) is 4. The SMILES string of the molecule is Cc1cccc(N(CC(=O)N(Cc2ccccc2F)[C@H](Cc2ccccc2)C(=O)NCC(C)C)S(C)(=O)=O)c1C. The molecule has 0 fully saturated rings. The van der Waals surface area contributed by atoms with E-state index >= 15 is 0 Å². The van der Waals surface area contributed by atoms with Gasteiger partial charge in [0, 0.05) is 25.1 Å². The molecule has 0 bridgehead atoms. The lowest BCUT2D eigenvalue weighted by Crippen LogP contribution is -2.53. The molecule has 0 aliphatic heterocycles. The fraction of sp³-hybridized carbons (Fsp3) is 0.355. The molecule has 3 rings (SSSR count). The number of sulfonamides is 1. The summed E-state index contributed by atoms with van der Waals surface area (Å²) < 4.78 is 41.8. The number of amides is 2. The quantitative estimate of drug-likeness (QED) is 0.346. The maximum absolute atomic E-state index is 14.8. The Labute approximate surface area is 237 Å². The molecule has 0 radical (unpaired) electrons. The molecule has 0 aliphatic rings. The zero-order chi connectivity index (χ0) is 29.4. The number of aryl methyl sites for hydroxylation is 1. The molecule has 3 aromatic carbocycles. The second-order valence-corrected chi connectivity index (χ2v) is 12.4. The molecule has 9 heteroatoms. The Balaban J connectivity index is 2.08. The third-order valence-electron chi connectivity index (χ3n) is 6.78. The number of rotatable bonds is 12. The summed E-state index contributed by atoms with van der Waals surface area (Å²) in [5.74, 6) is -1.35. The van der Waals surface area contributed by atoms with E-state index in [9.17, 15) is 22.4 Å². The first-order chi connectivity index (χ1) is 18.9. The van der Waals surface area contributed by atoms with Crippen molar-refractivity contribution in [2.45, 2.75) is 46.7 Å². The summed E-state index contributed by atoms with van der Waals surface area (Å²) in [6, 6.07) is 19.5. The highest BCUT2D eigenvalue weighted by Crippen LogP contribution is 2.26. The van der Waals surface area contributed by atoms with Crippen LogP contribution in [0.1, 0.15) is 36.1 Å². The van der Waals surface area contributed by atoms with Gasteiger partial charge in [0.1, 0.15) is 18.4 Å². The summed E-state index contributed by atoms with van der Waals surface area (Å²) in [7, 11) is -3.88. The lowest BCUT2D eigenvalue weighted by atomic mass is 10.0. The van der Waals surface area contributed by atoms with E-state index in [4.69, 9.17) is 0 Å². The summed E-state index contributed by atoms with van der Waals surface area (Å²) >= 11 is 0. The van der Waals surface area contributed by atoms with Crippen LogP contribution >= 0.6 is 0 Å². The molecule has 0 heterocycles. The van der Waals surface area contributed by atoms with E-state index in [1.165, 1.54) is 11.0 Å². The summed E-state index contributed by atoms with van der Waals surface area (Å²) in [6.07, 6.45) is 1.22. The summed E-state index contributed by atoms with van der Waals surface area (Å²) in [4.78, 5) is 29.0. The Morgan fingerprint density at radius 2 is 1.57 bits per heavy atom. The number of carbonyl (C=O) groups is 2. The highest BCUT2D eigenvalue weighted by Gasteiger charge is 2.33. The van der Waals surface area contributed by atoms with Crippen molar-refractivity contribution in [2.24, 2.45) is 5.92 Å². The van der Waals surface area contributed by atoms with Crippen molar-refractivity contribution in [1.82, 2.24) is 10.2 Å². The molecule has 3 aromatic rings. The van der Waals surface area contributed by atoms with Gasteiger partial charge in [-0.05, 0) is 48.6 Å². The maximum atomic E-state index is 14.8. The summed E-state index contributed by atoms with van der Waals surface area (Å²) in [5.41, 5.74) is 3.01. The number of anilines is 1. The van der Waals surface area contributed by atoms with Crippen LogP contribution in [0.2, 0.25) is 0 Å². The monoisotopic (exact) mass is 567 g/mol. The Kier molecular flexibility index (Phi) is 10.5. The molecule has 0 unspecified atom stereocenters. The average Bonchev–Trinajstić information content (AvgIpc) is 2.90. The van der Waals surface area contributed by atoms with Crippen LogP contribution in [0.15, 0.2) is 72.8 Å². The van der Waals surface area contributed by atoms with Gasteiger partial charge in [-0.3, -0.25) is 13.9 Å². The zero-order valence-electron chi connectivity index (χ0n) is 23.7. The lowest BCUT2D eigenvalue weighted by molar-refractivity contribution is -0.140. The summed E-state index contributed by atoms with van der Waals surface area (Å²) in [5, 5.41) is 2.91. The molecule has 0 spiro atoms. The van der Waals surface area contributed by atoms with E-state index in [2.05, 4.69) is 5.32 Å². The molecule has 214 valence electrons. The summed E-state index contributed by atoms with van der Waals surface area (Å²) in [6.45, 7) is 7.22. The van der Waals surface area contributed by atoms with Crippen molar-refractivity contribution < 1.29 is 22.4 Å². The molecule has 40 heavy (non-hydrogen) atoms. The molecule has 0 aromatic heterocycles. The van der Waals surface area contributed by atoms with Crippen LogP contribution in [-0.2, 0) is 32.6 Å². The van der Waals surface area contributed by atoms with Crippen molar-refractivity contribution in [3.8, 4) is 0 Å². The van der Waals surface area contributed by atoms with Crippen molar-refractivity contribution in [2.75, 3.05) is 23.7 Å². The van der Waals surface area contributed by atoms with Gasteiger partial charge in [0.15, 0.2) is 0 Å². The number of nitrogens with one attached hydrogen (secondary N) is 1. The van der Waals surface area contributed by atoms with Crippen molar-refractivity contribution in [3.05, 3.63) is 101 Å². The van der Waals surface area contributed by atoms with Gasteiger partial charge in [0.2, 0.25) is 21.8 Å². The van der Waals surface area contributed by atoms with Crippen LogP contribution in [0.3, 0.4) is 0 Å².